The molecule has 8 heteroatoms. The standard InChI is InChI=1S/C21H22N8/c1-29(2)21-26-19(23-12-15-8-4-3-5-9-15)25-20(27-21)28-24-14-16-13-22-18-11-7-6-10-17(16)18/h3-11,13-14,22H,12H2,1-2H3,(H2,23,25,26,27,28)/b24-14-. The first-order valence-corrected chi connectivity index (χ1v) is 9.25. The lowest BCUT2D eigenvalue weighted by Crippen LogP contribution is -2.16. The minimum Gasteiger partial charge on any atom is -0.361 e. The van der Waals surface area contributed by atoms with Crippen molar-refractivity contribution in [3.8, 4) is 0 Å². The van der Waals surface area contributed by atoms with E-state index in [4.69, 9.17) is 0 Å². The van der Waals surface area contributed by atoms with E-state index in [1.165, 1.54) is 0 Å². The number of benzene rings is 2. The summed E-state index contributed by atoms with van der Waals surface area (Å²) >= 11 is 0. The molecule has 0 aliphatic rings. The first-order valence-electron chi connectivity index (χ1n) is 9.25. The van der Waals surface area contributed by atoms with Crippen molar-refractivity contribution in [1.82, 2.24) is 19.9 Å². The highest BCUT2D eigenvalue weighted by molar-refractivity contribution is 5.99. The minimum absolute atomic E-state index is 0.371. The van der Waals surface area contributed by atoms with Crippen molar-refractivity contribution < 1.29 is 0 Å². The number of hydrogen-bond acceptors (Lipinski definition) is 7. The molecule has 146 valence electrons. The molecule has 3 N–H and O–H groups in total. The van der Waals surface area contributed by atoms with Gasteiger partial charge in [-0.05, 0) is 11.6 Å². The van der Waals surface area contributed by atoms with E-state index >= 15 is 0 Å². The van der Waals surface area contributed by atoms with Crippen molar-refractivity contribution in [1.29, 1.82) is 0 Å². The van der Waals surface area contributed by atoms with Gasteiger partial charge in [-0.1, -0.05) is 48.5 Å². The minimum atomic E-state index is 0.371. The van der Waals surface area contributed by atoms with E-state index in [9.17, 15) is 0 Å². The molecule has 0 atom stereocenters. The van der Waals surface area contributed by atoms with Gasteiger partial charge in [-0.15, -0.1) is 0 Å². The average Bonchev–Trinajstić information content (AvgIpc) is 3.16. The predicted molar refractivity (Wildman–Crippen MR) is 117 cm³/mol. The first-order chi connectivity index (χ1) is 14.2. The molecule has 0 aliphatic heterocycles. The Hall–Kier alpha value is -3.94. The Labute approximate surface area is 168 Å². The number of aromatic amines is 1. The highest BCUT2D eigenvalue weighted by Gasteiger charge is 2.08. The molecule has 0 saturated heterocycles. The van der Waals surface area contributed by atoms with Crippen molar-refractivity contribution in [3.05, 3.63) is 71.9 Å². The lowest BCUT2D eigenvalue weighted by molar-refractivity contribution is 0.940. The number of nitrogens with zero attached hydrogens (tertiary/aromatic N) is 5. The Morgan fingerprint density at radius 3 is 2.55 bits per heavy atom. The molecule has 0 fully saturated rings. The monoisotopic (exact) mass is 386 g/mol. The quantitative estimate of drug-likeness (QED) is 0.333. The third kappa shape index (κ3) is 4.49. The van der Waals surface area contributed by atoms with Crippen LogP contribution in [0.2, 0.25) is 0 Å². The van der Waals surface area contributed by atoms with Crippen LogP contribution in [0.25, 0.3) is 10.9 Å². The zero-order chi connectivity index (χ0) is 20.1. The van der Waals surface area contributed by atoms with Gasteiger partial charge in [-0.25, -0.2) is 5.43 Å². The molecule has 0 radical (unpaired) electrons. The summed E-state index contributed by atoms with van der Waals surface area (Å²) in [5, 5.41) is 8.64. The number of hydrogen-bond donors (Lipinski definition) is 3. The van der Waals surface area contributed by atoms with Crippen LogP contribution in [-0.4, -0.2) is 40.2 Å². The molecular formula is C21H22N8. The molecule has 0 bridgehead atoms. The van der Waals surface area contributed by atoms with Gasteiger partial charge >= 0.3 is 0 Å². The molecule has 29 heavy (non-hydrogen) atoms. The van der Waals surface area contributed by atoms with Gasteiger partial charge in [-0.3, -0.25) is 0 Å². The van der Waals surface area contributed by atoms with Crippen molar-refractivity contribution in [2.24, 2.45) is 5.10 Å². The number of aromatic nitrogens is 4. The molecule has 2 aromatic heterocycles. The highest BCUT2D eigenvalue weighted by Crippen LogP contribution is 2.16. The summed E-state index contributed by atoms with van der Waals surface area (Å²) in [6.07, 6.45) is 3.66. The second-order valence-corrected chi connectivity index (χ2v) is 6.68. The maximum atomic E-state index is 4.44. The molecule has 8 nitrogen and oxygen atoms in total. The number of anilines is 3. The van der Waals surface area contributed by atoms with Gasteiger partial charge < -0.3 is 15.2 Å². The molecule has 0 amide bonds. The predicted octanol–water partition coefficient (Wildman–Crippen LogP) is 3.48. The summed E-state index contributed by atoms with van der Waals surface area (Å²) in [6.45, 7) is 0.621. The molecule has 0 aliphatic carbocycles. The van der Waals surface area contributed by atoms with Gasteiger partial charge in [0.15, 0.2) is 0 Å². The van der Waals surface area contributed by atoms with Crippen LogP contribution in [0.1, 0.15) is 11.1 Å². The highest BCUT2D eigenvalue weighted by atomic mass is 15.4. The number of para-hydroxylation sites is 1. The van der Waals surface area contributed by atoms with Crippen molar-refractivity contribution in [2.75, 3.05) is 29.7 Å². The van der Waals surface area contributed by atoms with Crippen LogP contribution in [0.15, 0.2) is 65.9 Å². The second kappa shape index (κ2) is 8.39. The van der Waals surface area contributed by atoms with Crippen molar-refractivity contribution in [3.63, 3.8) is 0 Å². The number of H-pyrrole nitrogens is 1. The fourth-order valence-corrected chi connectivity index (χ4v) is 2.83. The smallest absolute Gasteiger partial charge is 0.250 e. The number of rotatable bonds is 7. The van der Waals surface area contributed by atoms with Crippen LogP contribution < -0.4 is 15.6 Å². The maximum Gasteiger partial charge on any atom is 0.250 e. The van der Waals surface area contributed by atoms with Crippen LogP contribution >= 0.6 is 0 Å². The topological polar surface area (TPSA) is 94.1 Å². The summed E-state index contributed by atoms with van der Waals surface area (Å²) in [5.74, 6) is 1.40. The van der Waals surface area contributed by atoms with Gasteiger partial charge in [0.2, 0.25) is 17.8 Å². The molecule has 4 aromatic rings. The Morgan fingerprint density at radius 2 is 1.72 bits per heavy atom. The molecular weight excluding hydrogens is 364 g/mol. The fraction of sp³-hybridized carbons (Fsp3) is 0.143. The molecule has 2 heterocycles. The molecule has 4 rings (SSSR count). The van der Waals surface area contributed by atoms with Crippen LogP contribution in [-0.2, 0) is 6.54 Å². The van der Waals surface area contributed by atoms with Gasteiger partial charge in [0.25, 0.3) is 0 Å². The zero-order valence-electron chi connectivity index (χ0n) is 16.3. The van der Waals surface area contributed by atoms with E-state index in [1.54, 1.807) is 6.21 Å². The summed E-state index contributed by atoms with van der Waals surface area (Å²) < 4.78 is 0. The zero-order valence-corrected chi connectivity index (χ0v) is 16.3. The Balaban J connectivity index is 1.50. The fourth-order valence-electron chi connectivity index (χ4n) is 2.83. The Bertz CT molecular complexity index is 1120. The SMILES string of the molecule is CN(C)c1nc(NCc2ccccc2)nc(N/N=C\c2c[nH]c3ccccc23)n1. The first kappa shape index (κ1) is 18.4. The third-order valence-electron chi connectivity index (χ3n) is 4.31. The average molecular weight is 386 g/mol. The Morgan fingerprint density at radius 1 is 0.966 bits per heavy atom. The molecule has 0 saturated carbocycles. The number of nitrogens with one attached hydrogen (secondary N) is 3. The van der Waals surface area contributed by atoms with Gasteiger partial charge in [0.1, 0.15) is 0 Å². The molecule has 2 aromatic carbocycles. The maximum absolute atomic E-state index is 4.44. The van der Waals surface area contributed by atoms with Crippen LogP contribution in [0, 0.1) is 0 Å². The van der Waals surface area contributed by atoms with Crippen LogP contribution in [0.4, 0.5) is 17.8 Å². The lowest BCUT2D eigenvalue weighted by Gasteiger charge is -2.13. The van der Waals surface area contributed by atoms with Gasteiger partial charge in [0.05, 0.1) is 6.21 Å². The van der Waals surface area contributed by atoms with Crippen LogP contribution in [0.3, 0.4) is 0 Å². The van der Waals surface area contributed by atoms with E-state index in [1.807, 2.05) is 79.8 Å². The van der Waals surface area contributed by atoms with Gasteiger partial charge in [-0.2, -0.15) is 20.1 Å². The van der Waals surface area contributed by atoms with Gasteiger partial charge in [0, 0.05) is 43.3 Å². The summed E-state index contributed by atoms with van der Waals surface area (Å²) in [6, 6.07) is 18.2. The normalized spacial score (nSPS) is 11.1. The van der Waals surface area contributed by atoms with E-state index in [0.717, 1.165) is 22.0 Å². The van der Waals surface area contributed by atoms with E-state index < -0.39 is 0 Å². The van der Waals surface area contributed by atoms with Crippen LogP contribution in [0.5, 0.6) is 0 Å². The largest absolute Gasteiger partial charge is 0.361 e. The number of hydrazone groups is 1. The van der Waals surface area contributed by atoms with E-state index in [2.05, 4.69) is 35.8 Å². The van der Waals surface area contributed by atoms with Crippen molar-refractivity contribution in [2.45, 2.75) is 6.54 Å². The summed E-state index contributed by atoms with van der Waals surface area (Å²) in [5.41, 5.74) is 6.10. The van der Waals surface area contributed by atoms with Crippen molar-refractivity contribution >= 4 is 35.0 Å². The van der Waals surface area contributed by atoms with E-state index in [0.29, 0.717) is 24.4 Å². The summed E-state index contributed by atoms with van der Waals surface area (Å²) in [4.78, 5) is 18.3. The molecule has 0 unspecified atom stereocenters. The lowest BCUT2D eigenvalue weighted by atomic mass is 10.2. The Kier molecular flexibility index (Phi) is 5.33. The third-order valence-corrected chi connectivity index (χ3v) is 4.31. The summed E-state index contributed by atoms with van der Waals surface area (Å²) in [7, 11) is 3.77. The second-order valence-electron chi connectivity index (χ2n) is 6.68. The van der Waals surface area contributed by atoms with E-state index in [-0.39, 0.29) is 0 Å². The number of fused-ring (bicyclic) bond motifs is 1. The molecule has 0 spiro atoms.